The second-order valence-electron chi connectivity index (χ2n) is 3.88. The molecule has 0 rings (SSSR count). The van der Waals surface area contributed by atoms with E-state index in [1.165, 1.54) is 7.11 Å². The van der Waals surface area contributed by atoms with Crippen LogP contribution in [0.5, 0.6) is 0 Å². The van der Waals surface area contributed by atoms with Gasteiger partial charge in [-0.05, 0) is 33.3 Å². The molecule has 0 saturated heterocycles. The van der Waals surface area contributed by atoms with E-state index in [1.807, 2.05) is 13.8 Å². The van der Waals surface area contributed by atoms with Crippen molar-refractivity contribution in [3.05, 3.63) is 11.8 Å². The lowest BCUT2D eigenvalue weighted by Gasteiger charge is -2.20. The van der Waals surface area contributed by atoms with Crippen LogP contribution in [0.3, 0.4) is 0 Å². The Hall–Kier alpha value is -0.990. The minimum Gasteiger partial charge on any atom is -0.500 e. The maximum absolute atomic E-state index is 11.2. The molecule has 0 bridgehead atoms. The molecule has 76 valence electrons. The number of hydrogen-bond donors (Lipinski definition) is 0. The fourth-order valence-electron chi connectivity index (χ4n) is 0.752. The normalized spacial score (nSPS) is 10.5. The lowest BCUT2D eigenvalue weighted by Crippen LogP contribution is -2.30. The molecule has 0 aromatic rings. The molecule has 3 heteroatoms. The van der Waals surface area contributed by atoms with Crippen LogP contribution in [0, 0.1) is 5.41 Å². The van der Waals surface area contributed by atoms with Crippen LogP contribution in [0.1, 0.15) is 27.7 Å². The Morgan fingerprint density at radius 1 is 1.38 bits per heavy atom. The first-order chi connectivity index (χ1) is 5.90. The molecule has 13 heavy (non-hydrogen) atoms. The molecule has 0 heterocycles. The molecule has 0 aliphatic heterocycles. The van der Waals surface area contributed by atoms with Gasteiger partial charge in [0.25, 0.3) is 0 Å². The van der Waals surface area contributed by atoms with Crippen LogP contribution in [0.2, 0.25) is 0 Å². The van der Waals surface area contributed by atoms with Gasteiger partial charge < -0.3 is 9.47 Å². The number of allylic oxidation sites excluding steroid dienone is 1. The molecule has 0 aromatic carbocycles. The van der Waals surface area contributed by atoms with Crippen molar-refractivity contribution >= 4 is 5.97 Å². The largest absolute Gasteiger partial charge is 0.500 e. The molecule has 0 aromatic heterocycles. The van der Waals surface area contributed by atoms with Gasteiger partial charge in [0.05, 0.1) is 18.8 Å². The first kappa shape index (κ1) is 12.0. The summed E-state index contributed by atoms with van der Waals surface area (Å²) in [5, 5.41) is 0. The molecule has 0 saturated carbocycles. The maximum Gasteiger partial charge on any atom is 0.314 e. The number of hydrogen-bond acceptors (Lipinski definition) is 3. The van der Waals surface area contributed by atoms with Crippen molar-refractivity contribution in [2.24, 2.45) is 5.41 Å². The van der Waals surface area contributed by atoms with Gasteiger partial charge in [0.1, 0.15) is 6.61 Å². The predicted octanol–water partition coefficient (Wildman–Crippen LogP) is 2.13. The Morgan fingerprint density at radius 2 is 1.92 bits per heavy atom. The van der Waals surface area contributed by atoms with E-state index in [9.17, 15) is 4.79 Å². The van der Waals surface area contributed by atoms with E-state index in [0.29, 0.717) is 6.61 Å². The Balaban J connectivity index is 4.03. The highest BCUT2D eigenvalue weighted by molar-refractivity contribution is 5.75. The number of carbonyl (C=O) groups is 1. The second kappa shape index (κ2) is 4.90. The topological polar surface area (TPSA) is 35.5 Å². The summed E-state index contributed by atoms with van der Waals surface area (Å²) in [5.41, 5.74) is 0.487. The smallest absolute Gasteiger partial charge is 0.314 e. The van der Waals surface area contributed by atoms with Crippen molar-refractivity contribution in [2.45, 2.75) is 27.7 Å². The average Bonchev–Trinajstić information content (AvgIpc) is 2.01. The standard InChI is InChI=1S/C10H18O3/c1-8(2)6-13-7-10(3,4)9(11)12-5/h6H,7H2,1-5H3. The Kier molecular flexibility index (Phi) is 4.52. The van der Waals surface area contributed by atoms with Crippen molar-refractivity contribution in [3.8, 4) is 0 Å². The summed E-state index contributed by atoms with van der Waals surface area (Å²) < 4.78 is 9.85. The molecule has 0 amide bonds. The Bertz CT molecular complexity index is 200. The first-order valence-corrected chi connectivity index (χ1v) is 4.23. The van der Waals surface area contributed by atoms with Gasteiger partial charge in [0, 0.05) is 0 Å². The third-order valence-corrected chi connectivity index (χ3v) is 1.50. The third kappa shape index (κ3) is 4.55. The lowest BCUT2D eigenvalue weighted by molar-refractivity contribution is -0.153. The van der Waals surface area contributed by atoms with E-state index in [1.54, 1.807) is 20.1 Å². The zero-order valence-electron chi connectivity index (χ0n) is 9.01. The van der Waals surface area contributed by atoms with Gasteiger partial charge in [0.15, 0.2) is 0 Å². The number of esters is 1. The van der Waals surface area contributed by atoms with E-state index in [0.717, 1.165) is 5.57 Å². The van der Waals surface area contributed by atoms with E-state index in [-0.39, 0.29) is 5.97 Å². The van der Waals surface area contributed by atoms with Gasteiger partial charge in [-0.3, -0.25) is 4.79 Å². The first-order valence-electron chi connectivity index (χ1n) is 4.23. The third-order valence-electron chi connectivity index (χ3n) is 1.50. The fourth-order valence-corrected chi connectivity index (χ4v) is 0.752. The Labute approximate surface area is 79.7 Å². The molecule has 0 aliphatic carbocycles. The average molecular weight is 186 g/mol. The van der Waals surface area contributed by atoms with Gasteiger partial charge in [0.2, 0.25) is 0 Å². The Morgan fingerprint density at radius 3 is 2.31 bits per heavy atom. The van der Waals surface area contributed by atoms with Crippen LogP contribution in [0.15, 0.2) is 11.8 Å². The van der Waals surface area contributed by atoms with Crippen molar-refractivity contribution in [1.29, 1.82) is 0 Å². The molecule has 0 fully saturated rings. The molecule has 0 aliphatic rings. The molecule has 0 radical (unpaired) electrons. The highest BCUT2D eigenvalue weighted by Gasteiger charge is 2.29. The van der Waals surface area contributed by atoms with Crippen LogP contribution in [-0.4, -0.2) is 19.7 Å². The fraction of sp³-hybridized carbons (Fsp3) is 0.700. The van der Waals surface area contributed by atoms with Gasteiger partial charge in [-0.2, -0.15) is 0 Å². The zero-order chi connectivity index (χ0) is 10.5. The van der Waals surface area contributed by atoms with Crippen molar-refractivity contribution in [3.63, 3.8) is 0 Å². The van der Waals surface area contributed by atoms with Gasteiger partial charge in [-0.15, -0.1) is 0 Å². The summed E-state index contributed by atoms with van der Waals surface area (Å²) >= 11 is 0. The maximum atomic E-state index is 11.2. The summed E-state index contributed by atoms with van der Waals surface area (Å²) in [5.74, 6) is -0.255. The number of methoxy groups -OCH3 is 1. The summed E-state index contributed by atoms with van der Waals surface area (Å²) in [6.07, 6.45) is 1.64. The molecule has 3 nitrogen and oxygen atoms in total. The molecule has 0 unspecified atom stereocenters. The summed E-state index contributed by atoms with van der Waals surface area (Å²) in [6.45, 7) is 7.79. The predicted molar refractivity (Wildman–Crippen MR) is 51.2 cm³/mol. The quantitative estimate of drug-likeness (QED) is 0.498. The zero-order valence-corrected chi connectivity index (χ0v) is 9.01. The van der Waals surface area contributed by atoms with E-state index >= 15 is 0 Å². The van der Waals surface area contributed by atoms with Crippen molar-refractivity contribution in [1.82, 2.24) is 0 Å². The van der Waals surface area contributed by atoms with Gasteiger partial charge in [-0.1, -0.05) is 0 Å². The molecule has 0 N–H and O–H groups in total. The SMILES string of the molecule is COC(=O)C(C)(C)COC=C(C)C. The van der Waals surface area contributed by atoms with E-state index < -0.39 is 5.41 Å². The summed E-state index contributed by atoms with van der Waals surface area (Å²) in [4.78, 5) is 11.2. The number of rotatable bonds is 4. The summed E-state index contributed by atoms with van der Waals surface area (Å²) in [6, 6.07) is 0. The van der Waals surface area contributed by atoms with Crippen LogP contribution in [-0.2, 0) is 14.3 Å². The lowest BCUT2D eigenvalue weighted by atomic mass is 9.95. The van der Waals surface area contributed by atoms with Crippen LogP contribution >= 0.6 is 0 Å². The minimum absolute atomic E-state index is 0.255. The van der Waals surface area contributed by atoms with E-state index in [2.05, 4.69) is 4.74 Å². The second-order valence-corrected chi connectivity index (χ2v) is 3.88. The molecule has 0 spiro atoms. The van der Waals surface area contributed by atoms with Gasteiger partial charge in [-0.25, -0.2) is 0 Å². The highest BCUT2D eigenvalue weighted by atomic mass is 16.5. The monoisotopic (exact) mass is 186 g/mol. The van der Waals surface area contributed by atoms with Crippen LogP contribution < -0.4 is 0 Å². The molecular formula is C10H18O3. The van der Waals surface area contributed by atoms with Crippen LogP contribution in [0.25, 0.3) is 0 Å². The minimum atomic E-state index is -0.583. The summed E-state index contributed by atoms with van der Waals surface area (Å²) in [7, 11) is 1.38. The highest BCUT2D eigenvalue weighted by Crippen LogP contribution is 2.17. The van der Waals surface area contributed by atoms with Crippen LogP contribution in [0.4, 0.5) is 0 Å². The van der Waals surface area contributed by atoms with Crippen molar-refractivity contribution in [2.75, 3.05) is 13.7 Å². The molecule has 0 atom stereocenters. The van der Waals surface area contributed by atoms with Crippen molar-refractivity contribution < 1.29 is 14.3 Å². The number of carbonyl (C=O) groups excluding carboxylic acids is 1. The van der Waals surface area contributed by atoms with E-state index in [4.69, 9.17) is 4.74 Å². The molecular weight excluding hydrogens is 168 g/mol. The number of ether oxygens (including phenoxy) is 2. The van der Waals surface area contributed by atoms with Gasteiger partial charge >= 0.3 is 5.97 Å².